The molecule has 0 spiro atoms. The largest absolute Gasteiger partial charge is 0.350 e. The van der Waals surface area contributed by atoms with Gasteiger partial charge in [-0.05, 0) is 43.3 Å². The van der Waals surface area contributed by atoms with Crippen LogP contribution in [-0.4, -0.2) is 24.7 Å². The Kier molecular flexibility index (Phi) is 5.75. The van der Waals surface area contributed by atoms with Crippen molar-refractivity contribution >= 4 is 28.8 Å². The zero-order valence-electron chi connectivity index (χ0n) is 15.8. The molecule has 3 unspecified atom stereocenters. The summed E-state index contributed by atoms with van der Waals surface area (Å²) in [6.45, 7) is 2.65. The predicted octanol–water partition coefficient (Wildman–Crippen LogP) is 3.73. The number of nitrogens with zero attached hydrogens (tertiary/aromatic N) is 1. The number of ether oxygens (including phenoxy) is 1. The summed E-state index contributed by atoms with van der Waals surface area (Å²) in [7, 11) is 0. The van der Waals surface area contributed by atoms with Crippen molar-refractivity contribution in [2.75, 3.05) is 11.5 Å². The van der Waals surface area contributed by atoms with Gasteiger partial charge >= 0.3 is 0 Å². The van der Waals surface area contributed by atoms with E-state index in [-0.39, 0.29) is 24.3 Å². The Morgan fingerprint density at radius 3 is 2.75 bits per heavy atom. The maximum absolute atomic E-state index is 12.9. The molecule has 6 nitrogen and oxygen atoms in total. The molecule has 2 fully saturated rings. The second-order valence-corrected chi connectivity index (χ2v) is 8.23. The maximum atomic E-state index is 12.9. The molecule has 1 aromatic carbocycles. The lowest BCUT2D eigenvalue weighted by Crippen LogP contribution is -2.38. The van der Waals surface area contributed by atoms with Crippen LogP contribution in [0.4, 0.5) is 5.69 Å². The van der Waals surface area contributed by atoms with Crippen LogP contribution in [-0.2, 0) is 19.2 Å². The number of thiophene rings is 1. The van der Waals surface area contributed by atoms with Gasteiger partial charge in [0.05, 0.1) is 12.0 Å². The van der Waals surface area contributed by atoms with Crippen molar-refractivity contribution in [3.05, 3.63) is 52.2 Å². The zero-order valence-corrected chi connectivity index (χ0v) is 16.6. The van der Waals surface area contributed by atoms with Crippen molar-refractivity contribution in [2.45, 2.75) is 44.9 Å². The third-order valence-corrected chi connectivity index (χ3v) is 6.18. The van der Waals surface area contributed by atoms with Gasteiger partial charge in [0.25, 0.3) is 0 Å². The Morgan fingerprint density at radius 2 is 2.07 bits per heavy atom. The Balaban J connectivity index is 1.55. The normalized spacial score (nSPS) is 25.1. The Morgan fingerprint density at radius 1 is 1.25 bits per heavy atom. The van der Waals surface area contributed by atoms with Crippen molar-refractivity contribution in [2.24, 2.45) is 5.92 Å². The third-order valence-electron chi connectivity index (χ3n) is 5.23. The molecular formula is C21H24N2O4S. The van der Waals surface area contributed by atoms with E-state index in [9.17, 15) is 9.59 Å². The van der Waals surface area contributed by atoms with Crippen LogP contribution in [0.25, 0.3) is 0 Å². The van der Waals surface area contributed by atoms with Crippen LogP contribution in [0.2, 0.25) is 0 Å². The van der Waals surface area contributed by atoms with E-state index in [4.69, 9.17) is 9.57 Å². The summed E-state index contributed by atoms with van der Waals surface area (Å²) in [5, 5.41) is 1.97. The summed E-state index contributed by atoms with van der Waals surface area (Å²) in [5.41, 5.74) is 4.48. The standard InChI is InChI=1S/C21H24N2O4S/c1-14-7-9-15(10-8-14)23-18(24)13-16(20(23)17-5-4-12-28-17)21(25)22-27-19-6-2-3-11-26-19/h4-5,7-10,12,16,19-20H,2-3,6,11,13H2,1H3,(H,22,25). The van der Waals surface area contributed by atoms with Gasteiger partial charge in [0, 0.05) is 30.0 Å². The summed E-state index contributed by atoms with van der Waals surface area (Å²) in [5.74, 6) is -0.858. The molecule has 2 aromatic rings. The molecule has 0 radical (unpaired) electrons. The highest BCUT2D eigenvalue weighted by Crippen LogP contribution is 2.43. The molecule has 3 heterocycles. The average Bonchev–Trinajstić information content (AvgIpc) is 3.35. The quantitative estimate of drug-likeness (QED) is 0.777. The highest BCUT2D eigenvalue weighted by Gasteiger charge is 2.46. The van der Waals surface area contributed by atoms with Crippen molar-refractivity contribution < 1.29 is 19.2 Å². The van der Waals surface area contributed by atoms with E-state index in [1.807, 2.05) is 48.7 Å². The molecule has 3 atom stereocenters. The molecule has 148 valence electrons. The molecule has 28 heavy (non-hydrogen) atoms. The van der Waals surface area contributed by atoms with Gasteiger partial charge in [-0.2, -0.15) is 0 Å². The number of nitrogens with one attached hydrogen (secondary N) is 1. The first-order valence-electron chi connectivity index (χ1n) is 9.63. The molecule has 4 rings (SSSR count). The van der Waals surface area contributed by atoms with E-state index in [0.29, 0.717) is 6.61 Å². The van der Waals surface area contributed by atoms with E-state index in [1.54, 1.807) is 16.2 Å². The van der Waals surface area contributed by atoms with Gasteiger partial charge in [-0.1, -0.05) is 23.8 Å². The Bertz CT molecular complexity index is 815. The van der Waals surface area contributed by atoms with Gasteiger partial charge in [0.15, 0.2) is 6.29 Å². The van der Waals surface area contributed by atoms with E-state index in [0.717, 1.165) is 35.4 Å². The molecule has 2 aliphatic rings. The van der Waals surface area contributed by atoms with Crippen molar-refractivity contribution in [3.63, 3.8) is 0 Å². The number of benzene rings is 1. The second-order valence-electron chi connectivity index (χ2n) is 7.25. The van der Waals surface area contributed by atoms with Crippen LogP contribution in [0.3, 0.4) is 0 Å². The number of carbonyl (C=O) groups excluding carboxylic acids is 2. The molecule has 7 heteroatoms. The number of rotatable bonds is 5. The summed E-state index contributed by atoms with van der Waals surface area (Å²) in [6.07, 6.45) is 2.52. The second kappa shape index (κ2) is 8.43. The number of amides is 2. The summed E-state index contributed by atoms with van der Waals surface area (Å²) in [4.78, 5) is 34.0. The van der Waals surface area contributed by atoms with Gasteiger partial charge in [-0.25, -0.2) is 10.3 Å². The first kappa shape index (κ1) is 19.1. The number of anilines is 1. The minimum absolute atomic E-state index is 0.0590. The van der Waals surface area contributed by atoms with E-state index in [1.165, 1.54) is 0 Å². The molecule has 1 aromatic heterocycles. The highest BCUT2D eigenvalue weighted by atomic mass is 32.1. The number of aryl methyl sites for hydroxylation is 1. The Labute approximate surface area is 168 Å². The lowest BCUT2D eigenvalue weighted by Gasteiger charge is -2.28. The minimum atomic E-state index is -0.518. The van der Waals surface area contributed by atoms with Gasteiger partial charge in [-0.15, -0.1) is 11.3 Å². The third kappa shape index (κ3) is 3.97. The first-order valence-corrected chi connectivity index (χ1v) is 10.5. The number of hydrogen-bond acceptors (Lipinski definition) is 5. The number of carbonyl (C=O) groups is 2. The van der Waals surface area contributed by atoms with Crippen LogP contribution in [0.15, 0.2) is 41.8 Å². The summed E-state index contributed by atoms with van der Waals surface area (Å²) in [6, 6.07) is 11.4. The smallest absolute Gasteiger partial charge is 0.249 e. The summed E-state index contributed by atoms with van der Waals surface area (Å²) >= 11 is 1.55. The fourth-order valence-corrected chi connectivity index (χ4v) is 4.65. The molecule has 0 aliphatic carbocycles. The fourth-order valence-electron chi connectivity index (χ4n) is 3.77. The Hall–Kier alpha value is -2.22. The highest BCUT2D eigenvalue weighted by molar-refractivity contribution is 7.10. The fraction of sp³-hybridized carbons (Fsp3) is 0.429. The molecule has 2 amide bonds. The number of hydroxylamine groups is 1. The molecule has 2 aliphatic heterocycles. The monoisotopic (exact) mass is 400 g/mol. The molecule has 0 saturated carbocycles. The molecule has 1 N–H and O–H groups in total. The summed E-state index contributed by atoms with van der Waals surface area (Å²) < 4.78 is 5.50. The van der Waals surface area contributed by atoms with Crippen LogP contribution in [0, 0.1) is 12.8 Å². The predicted molar refractivity (Wildman–Crippen MR) is 107 cm³/mol. The average molecular weight is 401 g/mol. The topological polar surface area (TPSA) is 67.9 Å². The first-order chi connectivity index (χ1) is 13.6. The van der Waals surface area contributed by atoms with Gasteiger partial charge in [-0.3, -0.25) is 9.59 Å². The van der Waals surface area contributed by atoms with Gasteiger partial charge in [0.1, 0.15) is 0 Å². The zero-order chi connectivity index (χ0) is 19.5. The SMILES string of the molecule is Cc1ccc(N2C(=O)CC(C(=O)NOC3CCCCO3)C2c2cccs2)cc1. The van der Waals surface area contributed by atoms with Crippen molar-refractivity contribution in [1.82, 2.24) is 5.48 Å². The van der Waals surface area contributed by atoms with Crippen molar-refractivity contribution in [1.29, 1.82) is 0 Å². The lowest BCUT2D eigenvalue weighted by atomic mass is 9.98. The van der Waals surface area contributed by atoms with Crippen molar-refractivity contribution in [3.8, 4) is 0 Å². The minimum Gasteiger partial charge on any atom is -0.350 e. The van der Waals surface area contributed by atoms with Crippen LogP contribution in [0.5, 0.6) is 0 Å². The van der Waals surface area contributed by atoms with Crippen LogP contribution >= 0.6 is 11.3 Å². The van der Waals surface area contributed by atoms with E-state index < -0.39 is 12.2 Å². The maximum Gasteiger partial charge on any atom is 0.249 e. The van der Waals surface area contributed by atoms with Crippen LogP contribution < -0.4 is 10.4 Å². The van der Waals surface area contributed by atoms with E-state index >= 15 is 0 Å². The van der Waals surface area contributed by atoms with E-state index in [2.05, 4.69) is 5.48 Å². The number of hydrogen-bond donors (Lipinski definition) is 1. The van der Waals surface area contributed by atoms with Crippen LogP contribution in [0.1, 0.15) is 42.2 Å². The van der Waals surface area contributed by atoms with Gasteiger partial charge < -0.3 is 9.64 Å². The van der Waals surface area contributed by atoms with Gasteiger partial charge in [0.2, 0.25) is 11.8 Å². The lowest BCUT2D eigenvalue weighted by molar-refractivity contribution is -0.202. The molecule has 2 saturated heterocycles. The molecular weight excluding hydrogens is 376 g/mol. The molecule has 0 bridgehead atoms.